The lowest BCUT2D eigenvalue weighted by Gasteiger charge is -2.34. The van der Waals surface area contributed by atoms with E-state index >= 15 is 0 Å². The number of rotatable bonds is 4. The van der Waals surface area contributed by atoms with Gasteiger partial charge < -0.3 is 19.5 Å². The van der Waals surface area contributed by atoms with Crippen LogP contribution in [0.1, 0.15) is 35.9 Å². The summed E-state index contributed by atoms with van der Waals surface area (Å²) in [5, 5.41) is 3.87. The van der Waals surface area contributed by atoms with E-state index in [1.165, 1.54) is 22.2 Å². The second-order valence-corrected chi connectivity index (χ2v) is 8.49. The molecule has 0 unspecified atom stereocenters. The number of fused-ring (bicyclic) bond motifs is 1. The number of furan rings is 1. The van der Waals surface area contributed by atoms with Crippen molar-refractivity contribution in [1.82, 2.24) is 14.9 Å². The highest BCUT2D eigenvalue weighted by Crippen LogP contribution is 2.40. The molecule has 3 aromatic rings. The highest BCUT2D eigenvalue weighted by atomic mass is 19.2. The molecule has 1 N–H and O–H groups in total. The van der Waals surface area contributed by atoms with Gasteiger partial charge in [0, 0.05) is 30.4 Å². The molecule has 2 aromatic heterocycles. The van der Waals surface area contributed by atoms with Crippen molar-refractivity contribution in [2.75, 3.05) is 29.9 Å². The number of nitrogens with zero attached hydrogens (tertiary/aromatic N) is 4. The summed E-state index contributed by atoms with van der Waals surface area (Å²) in [6.07, 6.45) is 3.38. The molecule has 2 amide bonds. The molecule has 0 radical (unpaired) electrons. The van der Waals surface area contributed by atoms with Gasteiger partial charge in [0.2, 0.25) is 11.6 Å². The first-order valence-corrected chi connectivity index (χ1v) is 10.3. The average molecular weight is 441 g/mol. The third-order valence-electron chi connectivity index (χ3n) is 6.02. The SMILES string of the molecule is Cc1oc2ncnc(NC3(C)CC3)c2c1C(=O)N1CCN(c2ccc(F)c(F)c2)C(=O)C1. The molecule has 1 saturated carbocycles. The van der Waals surface area contributed by atoms with Crippen molar-refractivity contribution in [3.05, 3.63) is 47.5 Å². The van der Waals surface area contributed by atoms with Crippen LogP contribution in [-0.4, -0.2) is 51.9 Å². The summed E-state index contributed by atoms with van der Waals surface area (Å²) in [5.41, 5.74) is 0.808. The van der Waals surface area contributed by atoms with Gasteiger partial charge in [0.05, 0.1) is 10.9 Å². The molecule has 8 nitrogen and oxygen atoms in total. The Hall–Kier alpha value is -3.56. The summed E-state index contributed by atoms with van der Waals surface area (Å²) in [7, 11) is 0. The molecule has 32 heavy (non-hydrogen) atoms. The van der Waals surface area contributed by atoms with Crippen LogP contribution in [0.25, 0.3) is 11.1 Å². The molecule has 166 valence electrons. The number of hydrogen-bond donors (Lipinski definition) is 1. The van der Waals surface area contributed by atoms with Crippen molar-refractivity contribution >= 4 is 34.4 Å². The van der Waals surface area contributed by atoms with E-state index < -0.39 is 11.6 Å². The number of benzene rings is 1. The molecular formula is C22H21F2N5O3. The van der Waals surface area contributed by atoms with Crippen LogP contribution in [0, 0.1) is 18.6 Å². The van der Waals surface area contributed by atoms with Gasteiger partial charge in [-0.3, -0.25) is 9.59 Å². The van der Waals surface area contributed by atoms with E-state index in [9.17, 15) is 18.4 Å². The molecule has 0 atom stereocenters. The van der Waals surface area contributed by atoms with Gasteiger partial charge in [-0.05, 0) is 38.8 Å². The fourth-order valence-corrected chi connectivity index (χ4v) is 3.93. The van der Waals surface area contributed by atoms with Gasteiger partial charge in [0.15, 0.2) is 11.6 Å². The molecule has 0 bridgehead atoms. The maximum atomic E-state index is 13.6. The highest BCUT2D eigenvalue weighted by molar-refractivity contribution is 6.11. The van der Waals surface area contributed by atoms with E-state index in [4.69, 9.17) is 4.42 Å². The van der Waals surface area contributed by atoms with E-state index in [2.05, 4.69) is 22.2 Å². The largest absolute Gasteiger partial charge is 0.442 e. The third-order valence-corrected chi connectivity index (χ3v) is 6.02. The lowest BCUT2D eigenvalue weighted by Crippen LogP contribution is -2.52. The number of nitrogens with one attached hydrogen (secondary N) is 1. The first-order chi connectivity index (χ1) is 15.3. The van der Waals surface area contributed by atoms with Gasteiger partial charge in [-0.2, -0.15) is 0 Å². The summed E-state index contributed by atoms with van der Waals surface area (Å²) < 4.78 is 32.6. The number of aryl methyl sites for hydroxylation is 1. The Labute approximate surface area is 182 Å². The summed E-state index contributed by atoms with van der Waals surface area (Å²) in [5.74, 6) is -1.84. The molecular weight excluding hydrogens is 420 g/mol. The Morgan fingerprint density at radius 2 is 1.97 bits per heavy atom. The van der Waals surface area contributed by atoms with E-state index in [1.807, 2.05) is 0 Å². The topological polar surface area (TPSA) is 91.6 Å². The molecule has 2 fully saturated rings. The van der Waals surface area contributed by atoms with Gasteiger partial charge in [0.1, 0.15) is 24.5 Å². The van der Waals surface area contributed by atoms with Gasteiger partial charge in [-0.25, -0.2) is 18.7 Å². The van der Waals surface area contributed by atoms with Crippen LogP contribution >= 0.6 is 0 Å². The summed E-state index contributed by atoms with van der Waals surface area (Å²) in [6, 6.07) is 3.30. The zero-order valence-corrected chi connectivity index (χ0v) is 17.6. The smallest absolute Gasteiger partial charge is 0.258 e. The molecule has 1 saturated heterocycles. The van der Waals surface area contributed by atoms with Gasteiger partial charge in [-0.1, -0.05) is 0 Å². The number of hydrogen-bond acceptors (Lipinski definition) is 6. The van der Waals surface area contributed by atoms with Crippen LogP contribution in [0.5, 0.6) is 0 Å². The minimum Gasteiger partial charge on any atom is -0.442 e. The Balaban J connectivity index is 1.42. The Morgan fingerprint density at radius 3 is 2.66 bits per heavy atom. The van der Waals surface area contributed by atoms with Gasteiger partial charge in [0.25, 0.3) is 5.91 Å². The van der Waals surface area contributed by atoms with Gasteiger partial charge >= 0.3 is 0 Å². The number of anilines is 2. The van der Waals surface area contributed by atoms with Crippen LogP contribution in [0.2, 0.25) is 0 Å². The molecule has 10 heteroatoms. The number of amides is 2. The van der Waals surface area contributed by atoms with Crippen molar-refractivity contribution in [2.24, 2.45) is 0 Å². The quantitative estimate of drug-likeness (QED) is 0.668. The van der Waals surface area contributed by atoms with Crippen LogP contribution in [0.4, 0.5) is 20.3 Å². The predicted molar refractivity (Wildman–Crippen MR) is 112 cm³/mol. The number of piperazine rings is 1. The third kappa shape index (κ3) is 3.45. The zero-order chi connectivity index (χ0) is 22.6. The molecule has 1 aliphatic carbocycles. The predicted octanol–water partition coefficient (Wildman–Crippen LogP) is 3.26. The maximum Gasteiger partial charge on any atom is 0.258 e. The van der Waals surface area contributed by atoms with E-state index in [1.54, 1.807) is 6.92 Å². The summed E-state index contributed by atoms with van der Waals surface area (Å²) in [4.78, 5) is 37.4. The van der Waals surface area contributed by atoms with Crippen LogP contribution in [-0.2, 0) is 4.79 Å². The lowest BCUT2D eigenvalue weighted by molar-refractivity contribution is -0.120. The van der Waals surface area contributed by atoms with Crippen molar-refractivity contribution in [2.45, 2.75) is 32.2 Å². The minimum absolute atomic E-state index is 0.0706. The molecule has 1 aliphatic heterocycles. The summed E-state index contributed by atoms with van der Waals surface area (Å²) in [6.45, 7) is 3.94. The number of halogens is 2. The lowest BCUT2D eigenvalue weighted by atomic mass is 10.1. The van der Waals surface area contributed by atoms with E-state index in [0.717, 1.165) is 25.0 Å². The molecule has 3 heterocycles. The van der Waals surface area contributed by atoms with E-state index in [-0.39, 0.29) is 42.7 Å². The number of aromatic nitrogens is 2. The Morgan fingerprint density at radius 1 is 1.19 bits per heavy atom. The second-order valence-electron chi connectivity index (χ2n) is 8.49. The minimum atomic E-state index is -1.03. The Kier molecular flexibility index (Phi) is 4.61. The first-order valence-electron chi connectivity index (χ1n) is 10.3. The standard InChI is InChI=1S/C22H21F2N5O3/c1-12-17(18-19(27-22(2)5-6-22)25-11-26-20(18)32-12)21(31)28-7-8-29(16(30)10-28)13-3-4-14(23)15(24)9-13/h3-4,9,11H,5-8,10H2,1-2H3,(H,25,26,27). The monoisotopic (exact) mass is 441 g/mol. The van der Waals surface area contributed by atoms with Gasteiger partial charge in [-0.15, -0.1) is 0 Å². The van der Waals surface area contributed by atoms with Crippen molar-refractivity contribution < 1.29 is 22.8 Å². The first kappa shape index (κ1) is 20.3. The van der Waals surface area contributed by atoms with Crippen molar-refractivity contribution in [3.63, 3.8) is 0 Å². The molecule has 0 spiro atoms. The highest BCUT2D eigenvalue weighted by Gasteiger charge is 2.39. The number of carbonyl (C=O) groups excluding carboxylic acids is 2. The maximum absolute atomic E-state index is 13.6. The molecule has 5 rings (SSSR count). The van der Waals surface area contributed by atoms with Crippen LogP contribution in [0.15, 0.2) is 28.9 Å². The number of carbonyl (C=O) groups is 2. The molecule has 2 aliphatic rings. The fourth-order valence-electron chi connectivity index (χ4n) is 3.93. The fraction of sp³-hybridized carbons (Fsp3) is 0.364. The van der Waals surface area contributed by atoms with Crippen LogP contribution < -0.4 is 10.2 Å². The zero-order valence-electron chi connectivity index (χ0n) is 17.6. The second kappa shape index (κ2) is 7.25. The van der Waals surface area contributed by atoms with Crippen LogP contribution in [0.3, 0.4) is 0 Å². The molecule has 1 aromatic carbocycles. The summed E-state index contributed by atoms with van der Waals surface area (Å²) >= 11 is 0. The Bertz CT molecular complexity index is 1250. The van der Waals surface area contributed by atoms with Crippen molar-refractivity contribution in [1.29, 1.82) is 0 Å². The average Bonchev–Trinajstić information content (AvgIpc) is 3.37. The van der Waals surface area contributed by atoms with E-state index in [0.29, 0.717) is 28.2 Å². The van der Waals surface area contributed by atoms with Crippen molar-refractivity contribution in [3.8, 4) is 0 Å². The normalized spacial score (nSPS) is 17.7.